The summed E-state index contributed by atoms with van der Waals surface area (Å²) in [5.41, 5.74) is -0.348. The Hall–Kier alpha value is -0.290. The molecule has 0 spiro atoms. The number of nitrogens with zero attached hydrogens (tertiary/aromatic N) is 1. The van der Waals surface area contributed by atoms with Gasteiger partial charge >= 0.3 is 6.18 Å². The minimum absolute atomic E-state index is 0.165. The van der Waals surface area contributed by atoms with E-state index in [2.05, 4.69) is 19.2 Å². The molecule has 1 N–H and O–H groups in total. The zero-order valence-electron chi connectivity index (χ0n) is 12.5. The number of hydrogen-bond acceptors (Lipinski definition) is 2. The fourth-order valence-electron chi connectivity index (χ4n) is 2.99. The molecule has 2 atom stereocenters. The molecule has 1 fully saturated rings. The summed E-state index contributed by atoms with van der Waals surface area (Å²) in [5, 5.41) is 3.47. The van der Waals surface area contributed by atoms with Gasteiger partial charge in [-0.25, -0.2) is 0 Å². The monoisotopic (exact) mass is 280 g/mol. The van der Waals surface area contributed by atoms with E-state index in [-0.39, 0.29) is 11.6 Å². The smallest absolute Gasteiger partial charge is 0.311 e. The van der Waals surface area contributed by atoms with Gasteiger partial charge in [-0.2, -0.15) is 13.2 Å². The number of rotatable bonds is 5. The van der Waals surface area contributed by atoms with Gasteiger partial charge in [-0.05, 0) is 18.8 Å². The Kier molecular flexibility index (Phi) is 5.68. The van der Waals surface area contributed by atoms with Crippen LogP contribution in [-0.2, 0) is 0 Å². The van der Waals surface area contributed by atoms with Crippen LogP contribution >= 0.6 is 0 Å². The Labute approximate surface area is 114 Å². The predicted molar refractivity (Wildman–Crippen MR) is 72.2 cm³/mol. The van der Waals surface area contributed by atoms with Crippen LogP contribution in [0.3, 0.4) is 0 Å². The molecule has 0 aromatic heterocycles. The van der Waals surface area contributed by atoms with Crippen LogP contribution in [0.5, 0.6) is 0 Å². The van der Waals surface area contributed by atoms with Crippen molar-refractivity contribution in [3.63, 3.8) is 0 Å². The van der Waals surface area contributed by atoms with Gasteiger partial charge in [-0.3, -0.25) is 4.90 Å². The lowest BCUT2D eigenvalue weighted by Crippen LogP contribution is -2.66. The maximum atomic E-state index is 12.8. The summed E-state index contributed by atoms with van der Waals surface area (Å²) in [6.45, 7) is 8.52. The minimum atomic E-state index is -4.12. The number of halogens is 3. The van der Waals surface area contributed by atoms with Crippen molar-refractivity contribution in [2.75, 3.05) is 19.6 Å². The fourth-order valence-corrected chi connectivity index (χ4v) is 2.99. The molecule has 1 rings (SSSR count). The lowest BCUT2D eigenvalue weighted by molar-refractivity contribution is -0.166. The van der Waals surface area contributed by atoms with Crippen LogP contribution in [0, 0.1) is 5.92 Å². The third-order valence-electron chi connectivity index (χ3n) is 4.80. The average molecular weight is 280 g/mol. The van der Waals surface area contributed by atoms with E-state index in [4.69, 9.17) is 0 Å². The van der Waals surface area contributed by atoms with E-state index in [9.17, 15) is 13.2 Å². The first-order valence-corrected chi connectivity index (χ1v) is 7.33. The van der Waals surface area contributed by atoms with E-state index >= 15 is 0 Å². The maximum absolute atomic E-state index is 12.8. The molecule has 1 aliphatic heterocycles. The first-order chi connectivity index (χ1) is 8.78. The molecule has 0 bridgehead atoms. The second-order valence-electron chi connectivity index (χ2n) is 5.80. The molecule has 0 aromatic carbocycles. The lowest BCUT2D eigenvalue weighted by atomic mass is 9.84. The van der Waals surface area contributed by atoms with E-state index in [0.717, 1.165) is 19.3 Å². The molecular weight excluding hydrogens is 253 g/mol. The van der Waals surface area contributed by atoms with Crippen LogP contribution in [0.1, 0.15) is 47.0 Å². The molecule has 1 aliphatic rings. The van der Waals surface area contributed by atoms with Crippen LogP contribution in [-0.4, -0.2) is 42.3 Å². The summed E-state index contributed by atoms with van der Waals surface area (Å²) in [4.78, 5) is 1.67. The molecule has 114 valence electrons. The van der Waals surface area contributed by atoms with E-state index in [1.165, 1.54) is 0 Å². The van der Waals surface area contributed by atoms with Gasteiger partial charge in [0.15, 0.2) is 0 Å². The van der Waals surface area contributed by atoms with Crippen LogP contribution in [0.4, 0.5) is 13.2 Å². The standard InChI is InChI=1S/C14H27F3N2/c1-5-11(4)12-8-19(10-14(15,16)17)13(6-2,7-3)9-18-12/h11-12,18H,5-10H2,1-4H3. The van der Waals surface area contributed by atoms with Gasteiger partial charge < -0.3 is 5.32 Å². The normalized spacial score (nSPS) is 26.4. The predicted octanol–water partition coefficient (Wildman–Crippen LogP) is 3.43. The topological polar surface area (TPSA) is 15.3 Å². The van der Waals surface area contributed by atoms with Crippen LogP contribution in [0.15, 0.2) is 0 Å². The van der Waals surface area contributed by atoms with Crippen molar-refractivity contribution in [3.05, 3.63) is 0 Å². The Balaban J connectivity index is 2.86. The quantitative estimate of drug-likeness (QED) is 0.830. The summed E-state index contributed by atoms with van der Waals surface area (Å²) in [6.07, 6.45) is -1.63. The van der Waals surface area contributed by atoms with Gasteiger partial charge in [-0.15, -0.1) is 0 Å². The maximum Gasteiger partial charge on any atom is 0.401 e. The molecule has 0 aromatic rings. The number of alkyl halides is 3. The number of nitrogens with one attached hydrogen (secondary N) is 1. The third kappa shape index (κ3) is 4.09. The summed E-state index contributed by atoms with van der Waals surface area (Å²) < 4.78 is 38.4. The molecule has 0 saturated carbocycles. The number of hydrogen-bond donors (Lipinski definition) is 1. The molecule has 19 heavy (non-hydrogen) atoms. The zero-order valence-corrected chi connectivity index (χ0v) is 12.5. The van der Waals surface area contributed by atoms with Crippen molar-refractivity contribution in [3.8, 4) is 0 Å². The second-order valence-corrected chi connectivity index (χ2v) is 5.80. The zero-order chi connectivity index (χ0) is 14.7. The van der Waals surface area contributed by atoms with Gasteiger partial charge in [-0.1, -0.05) is 34.1 Å². The first kappa shape index (κ1) is 16.8. The number of piperazine rings is 1. The van der Waals surface area contributed by atoms with Crippen LogP contribution < -0.4 is 5.32 Å². The van der Waals surface area contributed by atoms with E-state index < -0.39 is 12.7 Å². The van der Waals surface area contributed by atoms with Gasteiger partial charge in [0, 0.05) is 24.7 Å². The largest absolute Gasteiger partial charge is 0.401 e. The van der Waals surface area contributed by atoms with Crippen molar-refractivity contribution in [1.82, 2.24) is 10.2 Å². The SMILES string of the molecule is CCC(C)C1CN(CC(F)(F)F)C(CC)(CC)CN1. The third-order valence-corrected chi connectivity index (χ3v) is 4.80. The van der Waals surface area contributed by atoms with Gasteiger partial charge in [0.2, 0.25) is 0 Å². The molecule has 0 aliphatic carbocycles. The van der Waals surface area contributed by atoms with Crippen LogP contribution in [0.25, 0.3) is 0 Å². The molecule has 0 amide bonds. The lowest BCUT2D eigenvalue weighted by Gasteiger charge is -2.51. The Bertz CT molecular complexity index is 274. The van der Waals surface area contributed by atoms with Crippen molar-refractivity contribution in [2.24, 2.45) is 5.92 Å². The minimum Gasteiger partial charge on any atom is -0.311 e. The van der Waals surface area contributed by atoms with Crippen molar-refractivity contribution < 1.29 is 13.2 Å². The fraction of sp³-hybridized carbons (Fsp3) is 1.00. The highest BCUT2D eigenvalue weighted by atomic mass is 19.4. The Morgan fingerprint density at radius 2 is 1.84 bits per heavy atom. The van der Waals surface area contributed by atoms with Crippen LogP contribution in [0.2, 0.25) is 0 Å². The highest BCUT2D eigenvalue weighted by molar-refractivity contribution is 4.99. The Morgan fingerprint density at radius 3 is 2.26 bits per heavy atom. The molecule has 1 saturated heterocycles. The van der Waals surface area contributed by atoms with E-state index in [0.29, 0.717) is 19.0 Å². The molecule has 2 nitrogen and oxygen atoms in total. The molecule has 5 heteroatoms. The molecule has 0 radical (unpaired) electrons. The highest BCUT2D eigenvalue weighted by Crippen LogP contribution is 2.32. The van der Waals surface area contributed by atoms with Crippen molar-refractivity contribution in [2.45, 2.75) is 64.7 Å². The molecule has 1 heterocycles. The van der Waals surface area contributed by atoms with Gasteiger partial charge in [0.1, 0.15) is 0 Å². The summed E-state index contributed by atoms with van der Waals surface area (Å²) >= 11 is 0. The van der Waals surface area contributed by atoms with Gasteiger partial charge in [0.05, 0.1) is 6.54 Å². The first-order valence-electron chi connectivity index (χ1n) is 7.33. The second kappa shape index (κ2) is 6.44. The van der Waals surface area contributed by atoms with Crippen molar-refractivity contribution in [1.29, 1.82) is 0 Å². The molecule has 2 unspecified atom stereocenters. The summed E-state index contributed by atoms with van der Waals surface area (Å²) in [7, 11) is 0. The summed E-state index contributed by atoms with van der Waals surface area (Å²) in [6, 6.07) is 0.165. The van der Waals surface area contributed by atoms with Gasteiger partial charge in [0.25, 0.3) is 0 Å². The average Bonchev–Trinajstić information content (AvgIpc) is 2.36. The highest BCUT2D eigenvalue weighted by Gasteiger charge is 2.44. The van der Waals surface area contributed by atoms with Crippen molar-refractivity contribution >= 4 is 0 Å². The van der Waals surface area contributed by atoms with E-state index in [1.807, 2.05) is 13.8 Å². The Morgan fingerprint density at radius 1 is 1.26 bits per heavy atom. The summed E-state index contributed by atoms with van der Waals surface area (Å²) in [5.74, 6) is 0.405. The molecular formula is C14H27F3N2. The van der Waals surface area contributed by atoms with E-state index in [1.54, 1.807) is 4.90 Å².